The van der Waals surface area contributed by atoms with Gasteiger partial charge in [0, 0.05) is 41.5 Å². The first kappa shape index (κ1) is 24.2. The smallest absolute Gasteiger partial charge is 0.292 e. The lowest BCUT2D eigenvalue weighted by atomic mass is 10.0. The summed E-state index contributed by atoms with van der Waals surface area (Å²) in [6.45, 7) is 6.72. The van der Waals surface area contributed by atoms with E-state index in [-0.39, 0.29) is 11.4 Å². The molecule has 3 aromatic carbocycles. The van der Waals surface area contributed by atoms with E-state index in [9.17, 15) is 10.1 Å². The van der Waals surface area contributed by atoms with Gasteiger partial charge in [0.15, 0.2) is 11.5 Å². The van der Waals surface area contributed by atoms with Gasteiger partial charge in [0.25, 0.3) is 5.69 Å². The summed E-state index contributed by atoms with van der Waals surface area (Å²) in [6.07, 6.45) is 1.80. The van der Waals surface area contributed by atoms with Gasteiger partial charge in [0.1, 0.15) is 18.0 Å². The first-order valence-corrected chi connectivity index (χ1v) is 12.2. The molecule has 4 aromatic rings. The maximum absolute atomic E-state index is 11.4. The van der Waals surface area contributed by atoms with Gasteiger partial charge in [-0.25, -0.2) is 0 Å². The zero-order valence-corrected chi connectivity index (χ0v) is 20.8. The molecule has 0 aliphatic carbocycles. The number of aromatic nitrogens is 1. The number of pyridine rings is 1. The molecular formula is C28H28N4O5. The van der Waals surface area contributed by atoms with Crippen molar-refractivity contribution in [2.45, 2.75) is 20.4 Å². The first-order chi connectivity index (χ1) is 18.0. The average Bonchev–Trinajstić information content (AvgIpc) is 3.11. The highest BCUT2D eigenvalue weighted by molar-refractivity contribution is 5.94. The molecule has 0 saturated carbocycles. The summed E-state index contributed by atoms with van der Waals surface area (Å²) < 4.78 is 17.7. The molecule has 37 heavy (non-hydrogen) atoms. The van der Waals surface area contributed by atoms with Crippen molar-refractivity contribution in [3.63, 3.8) is 0 Å². The molecule has 0 saturated heterocycles. The lowest BCUT2D eigenvalue weighted by molar-refractivity contribution is -0.383. The van der Waals surface area contributed by atoms with Crippen molar-refractivity contribution < 1.29 is 19.1 Å². The van der Waals surface area contributed by atoms with Crippen LogP contribution in [0.15, 0.2) is 60.8 Å². The lowest BCUT2D eigenvalue weighted by Gasteiger charge is -2.24. The van der Waals surface area contributed by atoms with Crippen molar-refractivity contribution >= 4 is 28.0 Å². The summed E-state index contributed by atoms with van der Waals surface area (Å²) in [7, 11) is 0. The maximum Gasteiger partial charge on any atom is 0.292 e. The summed E-state index contributed by atoms with van der Waals surface area (Å²) >= 11 is 0. The van der Waals surface area contributed by atoms with Crippen molar-refractivity contribution in [3.8, 4) is 28.4 Å². The minimum atomic E-state index is -0.463. The van der Waals surface area contributed by atoms with Crippen LogP contribution in [0.1, 0.15) is 19.4 Å². The van der Waals surface area contributed by atoms with Crippen LogP contribution < -0.4 is 24.8 Å². The Hall–Kier alpha value is -4.53. The van der Waals surface area contributed by atoms with E-state index in [0.717, 1.165) is 39.0 Å². The Balaban J connectivity index is 1.53. The molecular weight excluding hydrogens is 472 g/mol. The Labute approximate surface area is 214 Å². The summed E-state index contributed by atoms with van der Waals surface area (Å²) in [5, 5.41) is 12.4. The number of hydrogen-bond donors (Lipinski definition) is 1. The summed E-state index contributed by atoms with van der Waals surface area (Å²) in [5.74, 6) is 2.15. The molecule has 0 bridgehead atoms. The molecule has 1 aromatic heterocycles. The van der Waals surface area contributed by atoms with Crippen molar-refractivity contribution in [2.24, 2.45) is 0 Å². The molecule has 0 fully saturated rings. The number of anilines is 2. The Morgan fingerprint density at radius 3 is 2.51 bits per heavy atom. The van der Waals surface area contributed by atoms with E-state index in [2.05, 4.69) is 9.88 Å². The number of hydrogen-bond acceptors (Lipinski definition) is 8. The van der Waals surface area contributed by atoms with Gasteiger partial charge < -0.3 is 24.8 Å². The predicted molar refractivity (Wildman–Crippen MR) is 144 cm³/mol. The van der Waals surface area contributed by atoms with Gasteiger partial charge in [-0.05, 0) is 55.3 Å². The van der Waals surface area contributed by atoms with E-state index in [1.807, 2.05) is 50.2 Å². The van der Waals surface area contributed by atoms with Crippen LogP contribution in [0.25, 0.3) is 22.0 Å². The third-order valence-corrected chi connectivity index (χ3v) is 6.33. The van der Waals surface area contributed by atoms with Crippen molar-refractivity contribution in [1.82, 2.24) is 4.98 Å². The Morgan fingerprint density at radius 1 is 1.03 bits per heavy atom. The number of benzene rings is 3. The fourth-order valence-corrected chi connectivity index (χ4v) is 4.61. The number of nitrogens with zero attached hydrogens (tertiary/aromatic N) is 3. The summed E-state index contributed by atoms with van der Waals surface area (Å²) in [5.41, 5.74) is 10.2. The second-order valence-electron chi connectivity index (χ2n) is 8.64. The fourth-order valence-electron chi connectivity index (χ4n) is 4.61. The SMILES string of the molecule is CCOc1cc2nccc(N3CCOc4ccc(-c5ccc(N)c([N+](=O)[O-])c5)cc4C3)c2cc1OCC. The third kappa shape index (κ3) is 4.80. The molecule has 0 radical (unpaired) electrons. The standard InChI is InChI=1S/C28H28N4O5/c1-3-35-27-15-21-23(16-28(27)36-4-2)30-10-9-24(21)31-11-12-37-26-8-6-18(13-20(26)17-31)19-5-7-22(29)25(14-19)32(33)34/h5-10,13-16H,3-4,11-12,17,29H2,1-2H3. The van der Waals surface area contributed by atoms with Gasteiger partial charge in [-0.1, -0.05) is 12.1 Å². The average molecular weight is 501 g/mol. The molecule has 1 aliphatic heterocycles. The van der Waals surface area contributed by atoms with E-state index in [4.69, 9.17) is 19.9 Å². The van der Waals surface area contributed by atoms with E-state index < -0.39 is 4.92 Å². The summed E-state index contributed by atoms with van der Waals surface area (Å²) in [4.78, 5) is 17.8. The monoisotopic (exact) mass is 500 g/mol. The van der Waals surface area contributed by atoms with E-state index in [0.29, 0.717) is 44.4 Å². The van der Waals surface area contributed by atoms with Crippen LogP contribution in [0.2, 0.25) is 0 Å². The van der Waals surface area contributed by atoms with Crippen molar-refractivity contribution in [2.75, 3.05) is 37.0 Å². The highest BCUT2D eigenvalue weighted by Gasteiger charge is 2.21. The number of nitro benzene ring substituents is 1. The molecule has 5 rings (SSSR count). The van der Waals surface area contributed by atoms with Gasteiger partial charge in [-0.15, -0.1) is 0 Å². The van der Waals surface area contributed by atoms with Gasteiger partial charge in [0.2, 0.25) is 0 Å². The van der Waals surface area contributed by atoms with Crippen LogP contribution in [-0.4, -0.2) is 36.3 Å². The topological polar surface area (TPSA) is 113 Å². The number of nitro groups is 1. The van der Waals surface area contributed by atoms with Gasteiger partial charge in [-0.3, -0.25) is 15.1 Å². The zero-order valence-electron chi connectivity index (χ0n) is 20.8. The predicted octanol–water partition coefficient (Wildman–Crippen LogP) is 5.59. The number of fused-ring (bicyclic) bond motifs is 2. The lowest BCUT2D eigenvalue weighted by Crippen LogP contribution is -2.25. The first-order valence-electron chi connectivity index (χ1n) is 12.2. The highest BCUT2D eigenvalue weighted by Crippen LogP contribution is 2.38. The normalized spacial score (nSPS) is 13.0. The van der Waals surface area contributed by atoms with Gasteiger partial charge >= 0.3 is 0 Å². The molecule has 1 aliphatic rings. The van der Waals surface area contributed by atoms with Crippen LogP contribution in [0, 0.1) is 10.1 Å². The number of ether oxygens (including phenoxy) is 3. The molecule has 0 unspecified atom stereocenters. The number of rotatable bonds is 7. The number of nitrogen functional groups attached to an aromatic ring is 1. The number of nitrogens with two attached hydrogens (primary N) is 1. The minimum Gasteiger partial charge on any atom is -0.491 e. The Morgan fingerprint density at radius 2 is 1.76 bits per heavy atom. The molecule has 2 heterocycles. The molecule has 190 valence electrons. The van der Waals surface area contributed by atoms with Crippen LogP contribution in [0.5, 0.6) is 17.2 Å². The van der Waals surface area contributed by atoms with Gasteiger partial charge in [-0.2, -0.15) is 0 Å². The molecule has 0 amide bonds. The van der Waals surface area contributed by atoms with Crippen LogP contribution in [-0.2, 0) is 6.54 Å². The minimum absolute atomic E-state index is 0.106. The van der Waals surface area contributed by atoms with E-state index in [1.165, 1.54) is 6.07 Å². The Bertz CT molecular complexity index is 1470. The Kier molecular flexibility index (Phi) is 6.68. The fraction of sp³-hybridized carbons (Fsp3) is 0.250. The maximum atomic E-state index is 11.4. The molecule has 0 spiro atoms. The molecule has 2 N–H and O–H groups in total. The molecule has 9 nitrogen and oxygen atoms in total. The zero-order chi connectivity index (χ0) is 25.9. The van der Waals surface area contributed by atoms with Crippen LogP contribution in [0.4, 0.5) is 17.1 Å². The highest BCUT2D eigenvalue weighted by atomic mass is 16.6. The van der Waals surface area contributed by atoms with Crippen LogP contribution in [0.3, 0.4) is 0 Å². The molecule has 0 atom stereocenters. The summed E-state index contributed by atoms with van der Waals surface area (Å²) in [6, 6.07) is 16.6. The van der Waals surface area contributed by atoms with E-state index in [1.54, 1.807) is 18.3 Å². The van der Waals surface area contributed by atoms with Gasteiger partial charge in [0.05, 0.1) is 30.2 Å². The quantitative estimate of drug-likeness (QED) is 0.199. The van der Waals surface area contributed by atoms with Crippen molar-refractivity contribution in [1.29, 1.82) is 0 Å². The second-order valence-corrected chi connectivity index (χ2v) is 8.64. The van der Waals surface area contributed by atoms with Crippen molar-refractivity contribution in [3.05, 3.63) is 76.5 Å². The van der Waals surface area contributed by atoms with E-state index >= 15 is 0 Å². The third-order valence-electron chi connectivity index (χ3n) is 6.33. The molecule has 9 heteroatoms. The second kappa shape index (κ2) is 10.2. The van der Waals surface area contributed by atoms with Crippen LogP contribution >= 0.6 is 0 Å². The largest absolute Gasteiger partial charge is 0.491 e.